The third-order valence-corrected chi connectivity index (χ3v) is 4.24. The zero-order valence-corrected chi connectivity index (χ0v) is 11.5. The molecule has 0 spiro atoms. The Morgan fingerprint density at radius 1 is 1.00 bits per heavy atom. The van der Waals surface area contributed by atoms with Crippen LogP contribution in [0.15, 0.2) is 0 Å². The predicted octanol–water partition coefficient (Wildman–Crippen LogP) is 0.873. The molecule has 1 saturated heterocycles. The summed E-state index contributed by atoms with van der Waals surface area (Å²) in [5.74, 6) is -0.675. The van der Waals surface area contributed by atoms with E-state index in [1.807, 2.05) is 0 Å². The van der Waals surface area contributed by atoms with Crippen LogP contribution in [-0.2, 0) is 14.4 Å². The Labute approximate surface area is 113 Å². The summed E-state index contributed by atoms with van der Waals surface area (Å²) in [7, 11) is 0. The number of carbonyl (C=O) groups excluding carboxylic acids is 3. The van der Waals surface area contributed by atoms with E-state index in [0.29, 0.717) is 25.9 Å². The van der Waals surface area contributed by atoms with E-state index in [0.717, 1.165) is 25.7 Å². The van der Waals surface area contributed by atoms with Crippen molar-refractivity contribution in [1.29, 1.82) is 0 Å². The van der Waals surface area contributed by atoms with E-state index in [1.165, 1.54) is 0 Å². The van der Waals surface area contributed by atoms with E-state index in [9.17, 15) is 14.4 Å². The van der Waals surface area contributed by atoms with Gasteiger partial charge in [-0.3, -0.25) is 14.4 Å². The summed E-state index contributed by atoms with van der Waals surface area (Å²) in [5, 5.41) is 2.81. The number of nitrogens with one attached hydrogen (secondary N) is 1. The average molecular weight is 266 g/mol. The van der Waals surface area contributed by atoms with Crippen molar-refractivity contribution < 1.29 is 14.4 Å². The maximum absolute atomic E-state index is 12.0. The van der Waals surface area contributed by atoms with Crippen molar-refractivity contribution in [3.63, 3.8) is 0 Å². The van der Waals surface area contributed by atoms with Gasteiger partial charge in [-0.05, 0) is 32.6 Å². The number of nitrogens with zero attached hydrogens (tertiary/aromatic N) is 1. The molecule has 0 atom stereocenters. The van der Waals surface area contributed by atoms with Gasteiger partial charge in [0.2, 0.25) is 0 Å². The summed E-state index contributed by atoms with van der Waals surface area (Å²) >= 11 is 0. The van der Waals surface area contributed by atoms with Crippen LogP contribution in [0.3, 0.4) is 0 Å². The van der Waals surface area contributed by atoms with E-state index in [4.69, 9.17) is 0 Å². The van der Waals surface area contributed by atoms with Crippen LogP contribution in [0, 0.1) is 5.92 Å². The molecule has 1 saturated carbocycles. The molecule has 1 aliphatic carbocycles. The molecule has 2 fully saturated rings. The number of carbonyl (C=O) groups is 3. The summed E-state index contributed by atoms with van der Waals surface area (Å²) in [6.45, 7) is 2.62. The first kappa shape index (κ1) is 14.0. The van der Waals surface area contributed by atoms with Gasteiger partial charge in [0.05, 0.1) is 0 Å². The highest BCUT2D eigenvalue weighted by Crippen LogP contribution is 2.19. The molecule has 1 aliphatic heterocycles. The lowest BCUT2D eigenvalue weighted by Gasteiger charge is -2.30. The quantitative estimate of drug-likeness (QED) is 0.754. The number of piperidine rings is 1. The van der Waals surface area contributed by atoms with Crippen molar-refractivity contribution in [2.45, 2.75) is 51.5 Å². The number of ketones is 1. The number of hydrogen-bond donors (Lipinski definition) is 1. The topological polar surface area (TPSA) is 66.5 Å². The van der Waals surface area contributed by atoms with Crippen LogP contribution in [-0.4, -0.2) is 41.6 Å². The van der Waals surface area contributed by atoms with E-state index < -0.39 is 11.8 Å². The predicted molar refractivity (Wildman–Crippen MR) is 70.4 cm³/mol. The summed E-state index contributed by atoms with van der Waals surface area (Å²) in [6.07, 6.45) is 5.57. The van der Waals surface area contributed by atoms with E-state index in [-0.39, 0.29) is 17.7 Å². The van der Waals surface area contributed by atoms with Gasteiger partial charge in [-0.2, -0.15) is 0 Å². The summed E-state index contributed by atoms with van der Waals surface area (Å²) in [5.41, 5.74) is 0. The standard InChI is InChI=1S/C14H22N2O3/c1-10(17)11-6-8-16(9-7-11)14(19)13(18)15-12-4-2-3-5-12/h11-12H,2-9H2,1H3,(H,15,18). The van der Waals surface area contributed by atoms with Crippen LogP contribution < -0.4 is 5.32 Å². The van der Waals surface area contributed by atoms with E-state index in [2.05, 4.69) is 5.32 Å². The van der Waals surface area contributed by atoms with E-state index >= 15 is 0 Å². The largest absolute Gasteiger partial charge is 0.345 e. The molecule has 2 aliphatic rings. The molecular formula is C14H22N2O3. The Morgan fingerprint density at radius 2 is 1.58 bits per heavy atom. The Hall–Kier alpha value is -1.39. The van der Waals surface area contributed by atoms with Crippen LogP contribution >= 0.6 is 0 Å². The zero-order valence-electron chi connectivity index (χ0n) is 11.5. The second-order valence-corrected chi connectivity index (χ2v) is 5.63. The van der Waals surface area contributed by atoms with Gasteiger partial charge < -0.3 is 10.2 Å². The van der Waals surface area contributed by atoms with Gasteiger partial charge in [0.25, 0.3) is 0 Å². The third kappa shape index (κ3) is 3.55. The van der Waals surface area contributed by atoms with Crippen LogP contribution in [0.25, 0.3) is 0 Å². The molecule has 19 heavy (non-hydrogen) atoms. The molecule has 0 aromatic rings. The highest BCUT2D eigenvalue weighted by molar-refractivity contribution is 6.35. The molecule has 1 heterocycles. The van der Waals surface area contributed by atoms with Gasteiger partial charge in [0.1, 0.15) is 5.78 Å². The maximum atomic E-state index is 12.0. The molecule has 0 aromatic heterocycles. The molecule has 0 unspecified atom stereocenters. The van der Waals surface area contributed by atoms with Crippen LogP contribution in [0.5, 0.6) is 0 Å². The molecular weight excluding hydrogens is 244 g/mol. The van der Waals surface area contributed by atoms with Crippen LogP contribution in [0.2, 0.25) is 0 Å². The average Bonchev–Trinajstić information content (AvgIpc) is 2.90. The van der Waals surface area contributed by atoms with Crippen molar-refractivity contribution in [3.8, 4) is 0 Å². The number of amides is 2. The minimum Gasteiger partial charge on any atom is -0.345 e. The van der Waals surface area contributed by atoms with Crippen molar-refractivity contribution >= 4 is 17.6 Å². The summed E-state index contributed by atoms with van der Waals surface area (Å²) < 4.78 is 0. The van der Waals surface area contributed by atoms with Crippen molar-refractivity contribution in [2.75, 3.05) is 13.1 Å². The molecule has 106 valence electrons. The fraction of sp³-hybridized carbons (Fsp3) is 0.786. The molecule has 1 N–H and O–H groups in total. The zero-order chi connectivity index (χ0) is 13.8. The fourth-order valence-corrected chi connectivity index (χ4v) is 2.95. The van der Waals surface area contributed by atoms with E-state index in [1.54, 1.807) is 11.8 Å². The Bertz CT molecular complexity index is 367. The summed E-state index contributed by atoms with van der Waals surface area (Å²) in [4.78, 5) is 36.7. The van der Waals surface area contributed by atoms with Gasteiger partial charge >= 0.3 is 11.8 Å². The summed E-state index contributed by atoms with van der Waals surface area (Å²) in [6, 6.07) is 0.172. The van der Waals surface area contributed by atoms with Gasteiger partial charge in [-0.1, -0.05) is 12.8 Å². The molecule has 0 bridgehead atoms. The van der Waals surface area contributed by atoms with Gasteiger partial charge in [-0.15, -0.1) is 0 Å². The smallest absolute Gasteiger partial charge is 0.311 e. The molecule has 0 aromatic carbocycles. The minimum absolute atomic E-state index is 0.0574. The first-order valence-corrected chi connectivity index (χ1v) is 7.18. The van der Waals surface area contributed by atoms with Gasteiger partial charge in [-0.25, -0.2) is 0 Å². The highest BCUT2D eigenvalue weighted by atomic mass is 16.2. The second kappa shape index (κ2) is 6.17. The molecule has 2 amide bonds. The Balaban J connectivity index is 1.80. The molecule has 5 heteroatoms. The Morgan fingerprint density at radius 3 is 2.11 bits per heavy atom. The second-order valence-electron chi connectivity index (χ2n) is 5.63. The fourth-order valence-electron chi connectivity index (χ4n) is 2.95. The SMILES string of the molecule is CC(=O)C1CCN(C(=O)C(=O)NC2CCCC2)CC1. The lowest BCUT2D eigenvalue weighted by Crippen LogP contribution is -2.48. The molecule has 0 radical (unpaired) electrons. The Kier molecular flexibility index (Phi) is 4.56. The number of likely N-dealkylation sites (tertiary alicyclic amines) is 1. The van der Waals surface area contributed by atoms with Crippen LogP contribution in [0.1, 0.15) is 45.4 Å². The molecule has 5 nitrogen and oxygen atoms in total. The maximum Gasteiger partial charge on any atom is 0.311 e. The van der Waals surface area contributed by atoms with Crippen molar-refractivity contribution in [1.82, 2.24) is 10.2 Å². The minimum atomic E-state index is -0.479. The van der Waals surface area contributed by atoms with Crippen molar-refractivity contribution in [2.24, 2.45) is 5.92 Å². The number of rotatable bonds is 2. The normalized spacial score (nSPS) is 21.4. The monoisotopic (exact) mass is 266 g/mol. The first-order valence-electron chi connectivity index (χ1n) is 7.18. The lowest BCUT2D eigenvalue weighted by atomic mass is 9.93. The highest BCUT2D eigenvalue weighted by Gasteiger charge is 2.30. The lowest BCUT2D eigenvalue weighted by molar-refractivity contribution is -0.147. The van der Waals surface area contributed by atoms with Crippen LogP contribution in [0.4, 0.5) is 0 Å². The first-order chi connectivity index (χ1) is 9.08. The number of Topliss-reactive ketones (excluding diaryl/α,β-unsaturated/α-hetero) is 1. The van der Waals surface area contributed by atoms with Crippen molar-refractivity contribution in [3.05, 3.63) is 0 Å². The van der Waals surface area contributed by atoms with Gasteiger partial charge in [0.15, 0.2) is 0 Å². The molecule has 2 rings (SSSR count). The van der Waals surface area contributed by atoms with Gasteiger partial charge in [0, 0.05) is 25.0 Å². The third-order valence-electron chi connectivity index (χ3n) is 4.24. The number of hydrogen-bond acceptors (Lipinski definition) is 3.